The first kappa shape index (κ1) is 12.6. The van der Waals surface area contributed by atoms with Crippen molar-refractivity contribution < 1.29 is 4.74 Å². The molecule has 0 aromatic heterocycles. The van der Waals surface area contributed by atoms with E-state index in [1.165, 1.54) is 0 Å². The maximum Gasteiger partial charge on any atom is 0.139 e. The van der Waals surface area contributed by atoms with E-state index in [1.54, 1.807) is 18.2 Å². The minimum Gasteiger partial charge on any atom is -0.491 e. The molecule has 84 valence electrons. The number of nitrogens with one attached hydrogen (secondary N) is 1. The zero-order valence-electron chi connectivity index (χ0n) is 8.89. The second-order valence-corrected chi connectivity index (χ2v) is 4.38. The lowest BCUT2D eigenvalue weighted by atomic mass is 10.3. The summed E-state index contributed by atoms with van der Waals surface area (Å²) in [5.41, 5.74) is 0. The monoisotopic (exact) mass is 247 g/mol. The van der Waals surface area contributed by atoms with E-state index in [-0.39, 0.29) is 0 Å². The predicted octanol–water partition coefficient (Wildman–Crippen LogP) is 3.37. The summed E-state index contributed by atoms with van der Waals surface area (Å²) in [5, 5.41) is 4.47. The fourth-order valence-corrected chi connectivity index (χ4v) is 1.43. The lowest BCUT2D eigenvalue weighted by Crippen LogP contribution is -2.27. The van der Waals surface area contributed by atoms with Crippen LogP contribution in [0.25, 0.3) is 0 Å². The molecule has 1 rings (SSSR count). The molecule has 0 bridgehead atoms. The molecule has 2 nitrogen and oxygen atoms in total. The van der Waals surface area contributed by atoms with Gasteiger partial charge in [-0.25, -0.2) is 0 Å². The molecule has 0 aliphatic rings. The van der Waals surface area contributed by atoms with Gasteiger partial charge in [-0.2, -0.15) is 0 Å². The molecule has 0 aliphatic heterocycles. The van der Waals surface area contributed by atoms with Crippen LogP contribution in [0, 0.1) is 0 Å². The van der Waals surface area contributed by atoms with Crippen LogP contribution in [0.3, 0.4) is 0 Å². The van der Waals surface area contributed by atoms with E-state index in [2.05, 4.69) is 19.2 Å². The molecule has 0 unspecified atom stereocenters. The number of hydrogen-bond donors (Lipinski definition) is 1. The Kier molecular flexibility index (Phi) is 5.23. The van der Waals surface area contributed by atoms with Crippen LogP contribution in [-0.2, 0) is 0 Å². The molecule has 0 atom stereocenters. The number of ether oxygens (including phenoxy) is 1. The molecule has 0 radical (unpaired) electrons. The van der Waals surface area contributed by atoms with Crippen LogP contribution in [-0.4, -0.2) is 19.2 Å². The van der Waals surface area contributed by atoms with Gasteiger partial charge in [-0.15, -0.1) is 0 Å². The van der Waals surface area contributed by atoms with Gasteiger partial charge >= 0.3 is 0 Å². The van der Waals surface area contributed by atoms with Gasteiger partial charge < -0.3 is 10.1 Å². The zero-order chi connectivity index (χ0) is 11.3. The molecule has 1 aromatic rings. The van der Waals surface area contributed by atoms with Crippen LogP contribution < -0.4 is 10.1 Å². The van der Waals surface area contributed by atoms with Crippen molar-refractivity contribution in [3.05, 3.63) is 28.2 Å². The Balaban J connectivity index is 2.40. The summed E-state index contributed by atoms with van der Waals surface area (Å²) in [6.07, 6.45) is 0. The number of rotatable bonds is 5. The highest BCUT2D eigenvalue weighted by Crippen LogP contribution is 2.27. The molecule has 0 fully saturated rings. The normalized spacial score (nSPS) is 10.7. The molecule has 0 saturated heterocycles. The van der Waals surface area contributed by atoms with Crippen molar-refractivity contribution in [3.63, 3.8) is 0 Å². The third kappa shape index (κ3) is 4.74. The second-order valence-electron chi connectivity index (χ2n) is 3.53. The van der Waals surface area contributed by atoms with Gasteiger partial charge in [0.25, 0.3) is 0 Å². The first-order valence-electron chi connectivity index (χ1n) is 4.91. The summed E-state index contributed by atoms with van der Waals surface area (Å²) in [6, 6.07) is 5.65. The number of hydrogen-bond acceptors (Lipinski definition) is 2. The number of benzene rings is 1. The molecule has 0 spiro atoms. The van der Waals surface area contributed by atoms with Gasteiger partial charge in [-0.1, -0.05) is 37.0 Å². The van der Waals surface area contributed by atoms with E-state index in [4.69, 9.17) is 27.9 Å². The SMILES string of the molecule is CC(C)NCCOc1cc(Cl)ccc1Cl. The fourth-order valence-electron chi connectivity index (χ4n) is 1.10. The van der Waals surface area contributed by atoms with Gasteiger partial charge in [-0.3, -0.25) is 0 Å². The molecule has 0 amide bonds. The lowest BCUT2D eigenvalue weighted by molar-refractivity contribution is 0.309. The number of halogens is 2. The summed E-state index contributed by atoms with van der Waals surface area (Å²) >= 11 is 11.8. The lowest BCUT2D eigenvalue weighted by Gasteiger charge is -2.10. The van der Waals surface area contributed by atoms with Gasteiger partial charge in [0.2, 0.25) is 0 Å². The van der Waals surface area contributed by atoms with E-state index in [9.17, 15) is 0 Å². The predicted molar refractivity (Wildman–Crippen MR) is 65.1 cm³/mol. The van der Waals surface area contributed by atoms with Crippen molar-refractivity contribution in [2.75, 3.05) is 13.2 Å². The topological polar surface area (TPSA) is 21.3 Å². The summed E-state index contributed by atoms with van der Waals surface area (Å²) in [5.74, 6) is 0.634. The standard InChI is InChI=1S/C11H15Cl2NO/c1-8(2)14-5-6-15-11-7-9(12)3-4-10(11)13/h3-4,7-8,14H,5-6H2,1-2H3. The molecular weight excluding hydrogens is 233 g/mol. The molecular formula is C11H15Cl2NO. The van der Waals surface area contributed by atoms with Crippen LogP contribution in [0.15, 0.2) is 18.2 Å². The van der Waals surface area contributed by atoms with E-state index < -0.39 is 0 Å². The zero-order valence-corrected chi connectivity index (χ0v) is 10.4. The summed E-state index contributed by atoms with van der Waals surface area (Å²) < 4.78 is 5.49. The first-order valence-corrected chi connectivity index (χ1v) is 5.66. The van der Waals surface area contributed by atoms with Crippen LogP contribution in [0.1, 0.15) is 13.8 Å². The van der Waals surface area contributed by atoms with Crippen molar-refractivity contribution in [1.29, 1.82) is 0 Å². The molecule has 1 N–H and O–H groups in total. The quantitative estimate of drug-likeness (QED) is 0.806. The molecule has 0 aliphatic carbocycles. The van der Waals surface area contributed by atoms with Gasteiger partial charge in [0.05, 0.1) is 5.02 Å². The summed E-state index contributed by atoms with van der Waals surface area (Å²) in [6.45, 7) is 5.55. The minimum atomic E-state index is 0.462. The average molecular weight is 248 g/mol. The highest BCUT2D eigenvalue weighted by Gasteiger charge is 2.02. The maximum atomic E-state index is 5.93. The van der Waals surface area contributed by atoms with E-state index in [0.29, 0.717) is 28.4 Å². The van der Waals surface area contributed by atoms with Crippen LogP contribution in [0.4, 0.5) is 0 Å². The highest BCUT2D eigenvalue weighted by atomic mass is 35.5. The summed E-state index contributed by atoms with van der Waals surface area (Å²) in [4.78, 5) is 0. The largest absolute Gasteiger partial charge is 0.491 e. The molecule has 4 heteroatoms. The third-order valence-corrected chi connectivity index (χ3v) is 2.35. The van der Waals surface area contributed by atoms with Crippen LogP contribution >= 0.6 is 23.2 Å². The van der Waals surface area contributed by atoms with Crippen molar-refractivity contribution in [3.8, 4) is 5.75 Å². The third-order valence-electron chi connectivity index (χ3n) is 1.81. The maximum absolute atomic E-state index is 5.93. The Morgan fingerprint density at radius 2 is 2.07 bits per heavy atom. The van der Waals surface area contributed by atoms with Crippen molar-refractivity contribution >= 4 is 23.2 Å². The Bertz CT molecular complexity index is 315. The van der Waals surface area contributed by atoms with Gasteiger partial charge in [-0.05, 0) is 12.1 Å². The summed E-state index contributed by atoms with van der Waals surface area (Å²) in [7, 11) is 0. The highest BCUT2D eigenvalue weighted by molar-refractivity contribution is 6.34. The van der Waals surface area contributed by atoms with Gasteiger partial charge in [0.15, 0.2) is 0 Å². The first-order chi connectivity index (χ1) is 7.09. The van der Waals surface area contributed by atoms with Crippen molar-refractivity contribution in [1.82, 2.24) is 5.32 Å². The van der Waals surface area contributed by atoms with E-state index in [0.717, 1.165) is 6.54 Å². The van der Waals surface area contributed by atoms with Gasteiger partial charge in [0, 0.05) is 23.7 Å². The van der Waals surface area contributed by atoms with Gasteiger partial charge in [0.1, 0.15) is 12.4 Å². The van der Waals surface area contributed by atoms with E-state index >= 15 is 0 Å². The van der Waals surface area contributed by atoms with E-state index in [1.807, 2.05) is 0 Å². The molecule has 15 heavy (non-hydrogen) atoms. The smallest absolute Gasteiger partial charge is 0.139 e. The van der Waals surface area contributed by atoms with Crippen LogP contribution in [0.2, 0.25) is 10.0 Å². The molecule has 0 saturated carbocycles. The Morgan fingerprint density at radius 3 is 2.73 bits per heavy atom. The molecule has 1 aromatic carbocycles. The van der Waals surface area contributed by atoms with Crippen LogP contribution in [0.5, 0.6) is 5.75 Å². The second kappa shape index (κ2) is 6.21. The van der Waals surface area contributed by atoms with Crippen molar-refractivity contribution in [2.45, 2.75) is 19.9 Å². The van der Waals surface area contributed by atoms with Crippen molar-refractivity contribution in [2.24, 2.45) is 0 Å². The Morgan fingerprint density at radius 1 is 1.33 bits per heavy atom. The average Bonchev–Trinajstić information content (AvgIpc) is 2.17. The Hall–Kier alpha value is -0.440. The molecule has 0 heterocycles. The fraction of sp³-hybridized carbons (Fsp3) is 0.455. The Labute approximate surface area is 101 Å². The minimum absolute atomic E-state index is 0.462.